The molecule has 1 saturated heterocycles. The fraction of sp³-hybridized carbons (Fsp3) is 0.435. The number of imidazole rings is 1. The summed E-state index contributed by atoms with van der Waals surface area (Å²) in [6, 6.07) is 7.73. The molecule has 1 saturated carbocycles. The molecule has 0 amide bonds. The van der Waals surface area contributed by atoms with Crippen molar-refractivity contribution in [3.05, 3.63) is 59.3 Å². The van der Waals surface area contributed by atoms with E-state index in [-0.39, 0.29) is 6.10 Å². The average Bonchev–Trinajstić information content (AvgIpc) is 3.22. The van der Waals surface area contributed by atoms with Crippen molar-refractivity contribution in [1.29, 1.82) is 0 Å². The quantitative estimate of drug-likeness (QED) is 0.459. The van der Waals surface area contributed by atoms with E-state index < -0.39 is 6.10 Å². The molecule has 9 heteroatoms. The number of hydrogen-bond donors (Lipinski definition) is 1. The van der Waals surface area contributed by atoms with Crippen LogP contribution in [0.5, 0.6) is 5.75 Å². The molecule has 0 bridgehead atoms. The van der Waals surface area contributed by atoms with Gasteiger partial charge in [-0.15, -0.1) is 16.4 Å². The average molecular weight is 452 g/mol. The van der Waals surface area contributed by atoms with Gasteiger partial charge in [-0.25, -0.2) is 9.67 Å². The zero-order chi connectivity index (χ0) is 21.5. The van der Waals surface area contributed by atoms with Crippen LogP contribution in [0.2, 0.25) is 0 Å². The van der Waals surface area contributed by atoms with Crippen LogP contribution in [0.1, 0.15) is 60.4 Å². The van der Waals surface area contributed by atoms with E-state index in [1.807, 2.05) is 34.9 Å². The Hall–Kier alpha value is -2.75. The molecule has 6 rings (SSSR count). The van der Waals surface area contributed by atoms with Crippen LogP contribution >= 0.6 is 11.3 Å². The first-order valence-electron chi connectivity index (χ1n) is 11.2. The number of aliphatic hydroxyl groups is 1. The highest BCUT2D eigenvalue weighted by Crippen LogP contribution is 2.47. The van der Waals surface area contributed by atoms with Gasteiger partial charge in [0.2, 0.25) is 0 Å². The first-order valence-corrected chi connectivity index (χ1v) is 12.0. The molecule has 166 valence electrons. The number of benzene rings is 1. The van der Waals surface area contributed by atoms with Gasteiger partial charge in [0.15, 0.2) is 0 Å². The Kier molecular flexibility index (Phi) is 5.17. The summed E-state index contributed by atoms with van der Waals surface area (Å²) in [4.78, 5) is 6.50. The smallest absolute Gasteiger partial charge is 0.141 e. The first kappa shape index (κ1) is 19.9. The fourth-order valence-corrected chi connectivity index (χ4v) is 5.52. The van der Waals surface area contributed by atoms with Gasteiger partial charge in [-0.2, -0.15) is 0 Å². The molecule has 8 nitrogen and oxygen atoms in total. The summed E-state index contributed by atoms with van der Waals surface area (Å²) in [5, 5.41) is 19.7. The van der Waals surface area contributed by atoms with Crippen LogP contribution in [0.4, 0.5) is 0 Å². The number of aliphatic hydroxyl groups excluding tert-OH is 1. The standard InChI is InChI=1S/C23H25N5O3S/c29-22(21-23(15-4-5-15)32-20-11-24-14-27(20)21)19-12-28(26-25-19)16-6-8-17(9-7-16)31-13-18-3-1-2-10-30-18/h6-9,11-12,14-15,18,22,29H,1-5,10,13H2. The van der Waals surface area contributed by atoms with E-state index in [0.717, 1.165) is 41.4 Å². The minimum atomic E-state index is -0.847. The lowest BCUT2D eigenvalue weighted by Gasteiger charge is -2.22. The van der Waals surface area contributed by atoms with E-state index in [1.54, 1.807) is 28.5 Å². The molecule has 2 atom stereocenters. The third-order valence-corrected chi connectivity index (χ3v) is 7.41. The number of fused-ring (bicyclic) bond motifs is 1. The maximum atomic E-state index is 11.2. The summed E-state index contributed by atoms with van der Waals surface area (Å²) in [5.41, 5.74) is 2.25. The van der Waals surface area contributed by atoms with E-state index in [1.165, 1.54) is 24.1 Å². The summed E-state index contributed by atoms with van der Waals surface area (Å²) in [7, 11) is 0. The highest BCUT2D eigenvalue weighted by molar-refractivity contribution is 7.17. The summed E-state index contributed by atoms with van der Waals surface area (Å²) in [6.45, 7) is 1.40. The molecule has 0 radical (unpaired) electrons. The molecule has 1 aliphatic carbocycles. The van der Waals surface area contributed by atoms with Crippen molar-refractivity contribution in [1.82, 2.24) is 24.4 Å². The van der Waals surface area contributed by atoms with Crippen LogP contribution in [-0.2, 0) is 4.74 Å². The van der Waals surface area contributed by atoms with E-state index in [0.29, 0.717) is 18.2 Å². The first-order chi connectivity index (χ1) is 15.8. The molecular weight excluding hydrogens is 426 g/mol. The molecule has 2 unspecified atom stereocenters. The van der Waals surface area contributed by atoms with Crippen LogP contribution in [0.15, 0.2) is 43.0 Å². The highest BCUT2D eigenvalue weighted by Gasteiger charge is 2.33. The Bertz CT molecular complexity index is 1200. The van der Waals surface area contributed by atoms with Crippen LogP contribution in [0.3, 0.4) is 0 Å². The van der Waals surface area contributed by atoms with Gasteiger partial charge in [0.25, 0.3) is 0 Å². The van der Waals surface area contributed by atoms with Gasteiger partial charge in [-0.05, 0) is 62.3 Å². The molecule has 2 fully saturated rings. The van der Waals surface area contributed by atoms with Crippen LogP contribution in [0, 0.1) is 0 Å². The molecule has 2 aliphatic rings. The second kappa shape index (κ2) is 8.31. The SMILES string of the molecule is OC(c1cn(-c2ccc(OCC3CCCCO3)cc2)nn1)c1c(C2CC2)sc2cncn12. The maximum absolute atomic E-state index is 11.2. The van der Waals surface area contributed by atoms with Gasteiger partial charge >= 0.3 is 0 Å². The predicted molar refractivity (Wildman–Crippen MR) is 120 cm³/mol. The van der Waals surface area contributed by atoms with Crippen molar-refractivity contribution < 1.29 is 14.6 Å². The minimum absolute atomic E-state index is 0.183. The second-order valence-electron chi connectivity index (χ2n) is 8.51. The fourth-order valence-electron chi connectivity index (χ4n) is 4.22. The molecule has 4 heterocycles. The van der Waals surface area contributed by atoms with E-state index in [9.17, 15) is 5.11 Å². The number of nitrogens with zero attached hydrogens (tertiary/aromatic N) is 5. The Morgan fingerprint density at radius 2 is 2.06 bits per heavy atom. The van der Waals surface area contributed by atoms with Crippen molar-refractivity contribution in [2.24, 2.45) is 0 Å². The molecule has 1 aliphatic heterocycles. The van der Waals surface area contributed by atoms with Crippen molar-refractivity contribution in [2.45, 2.75) is 50.2 Å². The molecule has 32 heavy (non-hydrogen) atoms. The van der Waals surface area contributed by atoms with Gasteiger partial charge in [0, 0.05) is 11.5 Å². The van der Waals surface area contributed by atoms with Gasteiger partial charge in [0.1, 0.15) is 35.3 Å². The number of thiazole rings is 1. The van der Waals surface area contributed by atoms with E-state index in [2.05, 4.69) is 15.3 Å². The minimum Gasteiger partial charge on any atom is -0.491 e. The third kappa shape index (κ3) is 3.80. The van der Waals surface area contributed by atoms with E-state index >= 15 is 0 Å². The Morgan fingerprint density at radius 3 is 2.84 bits per heavy atom. The third-order valence-electron chi connectivity index (χ3n) is 6.14. The van der Waals surface area contributed by atoms with Gasteiger partial charge in [-0.3, -0.25) is 4.40 Å². The number of hydrogen-bond acceptors (Lipinski definition) is 7. The van der Waals surface area contributed by atoms with Gasteiger partial charge in [0.05, 0.1) is 29.9 Å². The number of ether oxygens (including phenoxy) is 2. The topological polar surface area (TPSA) is 86.7 Å². The zero-order valence-corrected chi connectivity index (χ0v) is 18.4. The molecule has 4 aromatic rings. The van der Waals surface area contributed by atoms with Gasteiger partial charge < -0.3 is 14.6 Å². The molecule has 3 aromatic heterocycles. The number of rotatable bonds is 7. The van der Waals surface area contributed by atoms with Crippen LogP contribution in [0.25, 0.3) is 10.5 Å². The summed E-state index contributed by atoms with van der Waals surface area (Å²) in [6.07, 6.45) is 10.5. The molecule has 1 aromatic carbocycles. The maximum Gasteiger partial charge on any atom is 0.141 e. The van der Waals surface area contributed by atoms with Gasteiger partial charge in [-0.1, -0.05) is 5.21 Å². The van der Waals surface area contributed by atoms with Crippen molar-refractivity contribution in [3.8, 4) is 11.4 Å². The lowest BCUT2D eigenvalue weighted by atomic mass is 10.1. The monoisotopic (exact) mass is 451 g/mol. The number of aromatic nitrogens is 5. The second-order valence-corrected chi connectivity index (χ2v) is 9.57. The molecule has 0 spiro atoms. The lowest BCUT2D eigenvalue weighted by Crippen LogP contribution is -2.25. The Balaban J connectivity index is 1.18. The largest absolute Gasteiger partial charge is 0.491 e. The predicted octanol–water partition coefficient (Wildman–Crippen LogP) is 3.88. The van der Waals surface area contributed by atoms with Crippen molar-refractivity contribution in [2.75, 3.05) is 13.2 Å². The highest BCUT2D eigenvalue weighted by atomic mass is 32.1. The van der Waals surface area contributed by atoms with Crippen molar-refractivity contribution >= 4 is 16.2 Å². The Morgan fingerprint density at radius 1 is 1.19 bits per heavy atom. The van der Waals surface area contributed by atoms with Crippen LogP contribution < -0.4 is 4.74 Å². The summed E-state index contributed by atoms with van der Waals surface area (Å²) < 4.78 is 15.3. The summed E-state index contributed by atoms with van der Waals surface area (Å²) in [5.74, 6) is 1.34. The van der Waals surface area contributed by atoms with Crippen LogP contribution in [-0.4, -0.2) is 48.8 Å². The van der Waals surface area contributed by atoms with E-state index in [4.69, 9.17) is 9.47 Å². The molecule has 1 N–H and O–H groups in total. The normalized spacial score (nSPS) is 20.0. The lowest BCUT2D eigenvalue weighted by molar-refractivity contribution is -0.0110. The molecular formula is C23H25N5O3S. The Labute approximate surface area is 189 Å². The van der Waals surface area contributed by atoms with Crippen molar-refractivity contribution in [3.63, 3.8) is 0 Å². The zero-order valence-electron chi connectivity index (χ0n) is 17.6. The summed E-state index contributed by atoms with van der Waals surface area (Å²) >= 11 is 1.71.